The lowest BCUT2D eigenvalue weighted by molar-refractivity contribution is -0.111. The average Bonchev–Trinajstić information content (AvgIpc) is 2.22. The van der Waals surface area contributed by atoms with Gasteiger partial charge in [0.1, 0.15) is 6.29 Å². The Kier molecular flexibility index (Phi) is 12.1. The third kappa shape index (κ3) is 12.4. The minimum atomic E-state index is -0.267. The van der Waals surface area contributed by atoms with Crippen molar-refractivity contribution in [3.05, 3.63) is 11.1 Å². The molecule has 0 aromatic heterocycles. The Balaban J connectivity index is 3.18. The normalized spacial score (nSPS) is 11.5. The van der Waals surface area contributed by atoms with Gasteiger partial charge in [-0.1, -0.05) is 33.2 Å². The average molecular weight is 301 g/mol. The van der Waals surface area contributed by atoms with Gasteiger partial charge in [0.25, 0.3) is 0 Å². The summed E-state index contributed by atoms with van der Waals surface area (Å²) in [5, 5.41) is 0.338. The molecule has 0 aromatic carbocycles. The Labute approximate surface area is 114 Å². The Hall–Kier alpha value is 0.360. The monoisotopic (exact) mass is 300 g/mol. The Bertz CT molecular complexity index is 245. The number of halogens is 2. The van der Waals surface area contributed by atoms with E-state index < -0.39 is 0 Å². The molecule has 0 atom stereocenters. The topological polar surface area (TPSA) is 34.1 Å². The molecule has 0 saturated carbocycles. The minimum absolute atomic E-state index is 0.267. The maximum Gasteiger partial charge on any atom is 0.221 e. The van der Waals surface area contributed by atoms with Crippen LogP contribution in [0.4, 0.5) is 0 Å². The summed E-state index contributed by atoms with van der Waals surface area (Å²) in [6.07, 6.45) is 5.05. The van der Waals surface area contributed by atoms with Gasteiger partial charge >= 0.3 is 0 Å². The molecule has 0 aliphatic rings. The van der Waals surface area contributed by atoms with Crippen LogP contribution in [-0.4, -0.2) is 23.0 Å². The van der Waals surface area contributed by atoms with Crippen LogP contribution in [0.3, 0.4) is 0 Å². The zero-order valence-corrected chi connectivity index (χ0v) is 11.9. The number of rotatable bonds is 10. The van der Waals surface area contributed by atoms with Crippen molar-refractivity contribution in [3.63, 3.8) is 0 Å². The van der Waals surface area contributed by atoms with Crippen molar-refractivity contribution in [1.29, 1.82) is 0 Å². The van der Waals surface area contributed by atoms with E-state index in [1.54, 1.807) is 21.6 Å². The molecule has 0 rings (SSSR count). The predicted octanol–water partition coefficient (Wildman–Crippen LogP) is 4.02. The fourth-order valence-corrected chi connectivity index (χ4v) is 3.34. The number of hydrogen-bond donors (Lipinski definition) is 0. The third-order valence-electron chi connectivity index (χ3n) is 1.58. The summed E-state index contributed by atoms with van der Waals surface area (Å²) in [5.74, 6) is 1.92. The maximum absolute atomic E-state index is 10.4. The van der Waals surface area contributed by atoms with Gasteiger partial charge in [0.2, 0.25) is 5.24 Å². The van der Waals surface area contributed by atoms with Crippen LogP contribution >= 0.6 is 44.8 Å². The van der Waals surface area contributed by atoms with Gasteiger partial charge in [-0.25, -0.2) is 0 Å². The van der Waals surface area contributed by atoms with Crippen LogP contribution in [0, 0.1) is 0 Å². The lowest BCUT2D eigenvalue weighted by Gasteiger charge is -2.00. The van der Waals surface area contributed by atoms with Crippen molar-refractivity contribution in [1.82, 2.24) is 0 Å². The first-order valence-corrected chi connectivity index (χ1v) is 8.13. The van der Waals surface area contributed by atoms with Crippen molar-refractivity contribution in [2.45, 2.75) is 25.7 Å². The number of aldehydes is 1. The van der Waals surface area contributed by atoms with Crippen LogP contribution in [0.2, 0.25) is 0 Å². The highest BCUT2D eigenvalue weighted by molar-refractivity contribution is 8.76. The SMILES string of the molecule is O=CC=C(Cl)CCCSSCCCC(=O)Cl. The van der Waals surface area contributed by atoms with E-state index in [1.165, 1.54) is 6.08 Å². The van der Waals surface area contributed by atoms with Gasteiger partial charge in [0.15, 0.2) is 0 Å². The molecule has 0 aliphatic heterocycles. The number of carbonyl (C=O) groups is 2. The third-order valence-corrected chi connectivity index (χ3v) is 4.66. The molecular formula is C10H14Cl2O2S2. The molecule has 0 heterocycles. The van der Waals surface area contributed by atoms with Gasteiger partial charge < -0.3 is 0 Å². The van der Waals surface area contributed by atoms with Gasteiger partial charge in [-0.15, -0.1) is 0 Å². The van der Waals surface area contributed by atoms with E-state index in [4.69, 9.17) is 23.2 Å². The molecule has 0 N–H and O–H groups in total. The molecule has 6 heteroatoms. The highest BCUT2D eigenvalue weighted by Crippen LogP contribution is 2.24. The van der Waals surface area contributed by atoms with E-state index in [0.717, 1.165) is 30.8 Å². The highest BCUT2D eigenvalue weighted by atomic mass is 35.5. The molecule has 16 heavy (non-hydrogen) atoms. The Morgan fingerprint density at radius 2 is 1.62 bits per heavy atom. The van der Waals surface area contributed by atoms with Crippen LogP contribution in [0.25, 0.3) is 0 Å². The molecule has 0 saturated heterocycles. The molecule has 0 bridgehead atoms. The van der Waals surface area contributed by atoms with Gasteiger partial charge in [0, 0.05) is 23.0 Å². The van der Waals surface area contributed by atoms with Gasteiger partial charge in [-0.3, -0.25) is 9.59 Å². The lowest BCUT2D eigenvalue weighted by atomic mass is 10.3. The molecule has 0 radical (unpaired) electrons. The number of hydrogen-bond acceptors (Lipinski definition) is 4. The van der Waals surface area contributed by atoms with Crippen LogP contribution in [-0.2, 0) is 9.59 Å². The van der Waals surface area contributed by atoms with Gasteiger partial charge in [0.05, 0.1) is 0 Å². The first-order valence-electron chi connectivity index (χ1n) is 4.89. The van der Waals surface area contributed by atoms with Gasteiger partial charge in [-0.2, -0.15) is 0 Å². The zero-order valence-electron chi connectivity index (χ0n) is 8.79. The lowest BCUT2D eigenvalue weighted by Crippen LogP contribution is -1.87. The fraction of sp³-hybridized carbons (Fsp3) is 0.600. The first kappa shape index (κ1) is 16.4. The first-order chi connectivity index (χ1) is 7.66. The number of carbonyl (C=O) groups excluding carboxylic acids is 2. The molecule has 0 spiro atoms. The Morgan fingerprint density at radius 1 is 1.06 bits per heavy atom. The molecule has 0 aromatic rings. The molecule has 0 fully saturated rings. The van der Waals surface area contributed by atoms with E-state index in [9.17, 15) is 9.59 Å². The maximum atomic E-state index is 10.4. The molecule has 0 unspecified atom stereocenters. The minimum Gasteiger partial charge on any atom is -0.299 e. The standard InChI is InChI=1S/C10H14Cl2O2S2/c11-9(5-6-13)3-1-7-15-16-8-2-4-10(12)14/h5-6H,1-4,7-8H2. The Morgan fingerprint density at radius 3 is 2.12 bits per heavy atom. The van der Waals surface area contributed by atoms with Gasteiger partial charge in [-0.05, 0) is 36.9 Å². The van der Waals surface area contributed by atoms with Crippen LogP contribution < -0.4 is 0 Å². The summed E-state index contributed by atoms with van der Waals surface area (Å²) in [6.45, 7) is 0. The second-order valence-electron chi connectivity index (χ2n) is 2.96. The van der Waals surface area contributed by atoms with Crippen molar-refractivity contribution < 1.29 is 9.59 Å². The summed E-state index contributed by atoms with van der Waals surface area (Å²) in [4.78, 5) is 20.5. The second kappa shape index (κ2) is 11.8. The summed E-state index contributed by atoms with van der Waals surface area (Å²) < 4.78 is 0. The van der Waals surface area contributed by atoms with E-state index in [-0.39, 0.29) is 5.24 Å². The fourth-order valence-electron chi connectivity index (χ4n) is 0.845. The molecule has 92 valence electrons. The van der Waals surface area contributed by atoms with Crippen molar-refractivity contribution in [2.24, 2.45) is 0 Å². The van der Waals surface area contributed by atoms with E-state index >= 15 is 0 Å². The molecule has 2 nitrogen and oxygen atoms in total. The van der Waals surface area contributed by atoms with E-state index in [0.29, 0.717) is 17.7 Å². The molecule has 0 amide bonds. The van der Waals surface area contributed by atoms with Crippen LogP contribution in [0.1, 0.15) is 25.7 Å². The van der Waals surface area contributed by atoms with Crippen LogP contribution in [0.5, 0.6) is 0 Å². The van der Waals surface area contributed by atoms with E-state index in [1.807, 2.05) is 0 Å². The predicted molar refractivity (Wildman–Crippen MR) is 74.2 cm³/mol. The largest absolute Gasteiger partial charge is 0.299 e. The second-order valence-corrected chi connectivity index (χ2v) is 6.56. The molecular weight excluding hydrogens is 287 g/mol. The van der Waals surface area contributed by atoms with Crippen LogP contribution in [0.15, 0.2) is 11.1 Å². The van der Waals surface area contributed by atoms with Crippen molar-refractivity contribution in [2.75, 3.05) is 11.5 Å². The zero-order chi connectivity index (χ0) is 12.2. The summed E-state index contributed by atoms with van der Waals surface area (Å²) in [6, 6.07) is 0. The summed E-state index contributed by atoms with van der Waals surface area (Å²) >= 11 is 10.9. The number of allylic oxidation sites excluding steroid dienone is 2. The highest BCUT2D eigenvalue weighted by Gasteiger charge is 1.97. The summed E-state index contributed by atoms with van der Waals surface area (Å²) in [5.41, 5.74) is 0. The smallest absolute Gasteiger partial charge is 0.221 e. The summed E-state index contributed by atoms with van der Waals surface area (Å²) in [7, 11) is 3.49. The van der Waals surface area contributed by atoms with Crippen molar-refractivity contribution >= 4 is 56.3 Å². The van der Waals surface area contributed by atoms with E-state index in [2.05, 4.69) is 0 Å². The quantitative estimate of drug-likeness (QED) is 0.201. The van der Waals surface area contributed by atoms with Crippen molar-refractivity contribution in [3.8, 4) is 0 Å². The molecule has 0 aliphatic carbocycles.